The third-order valence-corrected chi connectivity index (χ3v) is 4.54. The third kappa shape index (κ3) is 6.96. The summed E-state index contributed by atoms with van der Waals surface area (Å²) in [5, 5.41) is 0. The number of rotatable bonds is 5. The lowest BCUT2D eigenvalue weighted by Gasteiger charge is -2.32. The highest BCUT2D eigenvalue weighted by molar-refractivity contribution is 7.88. The van der Waals surface area contributed by atoms with Crippen molar-refractivity contribution in [3.05, 3.63) is 0 Å². The molecule has 120 valence electrons. The maximum Gasteiger partial charge on any atom is 0.317 e. The number of carbonyl (C=O) groups is 1. The molecule has 1 fully saturated rings. The smallest absolute Gasteiger partial charge is 0.317 e. The molecule has 1 rings (SSSR count). The number of ether oxygens (including phenoxy) is 1. The van der Waals surface area contributed by atoms with Gasteiger partial charge in [0.25, 0.3) is 0 Å². The number of esters is 1. The zero-order valence-electron chi connectivity index (χ0n) is 13.0. The molecule has 1 N–H and O–H groups in total. The molecular weight excluding hydrogens is 290 g/mol. The van der Waals surface area contributed by atoms with Crippen LogP contribution in [0.25, 0.3) is 0 Å². The van der Waals surface area contributed by atoms with Crippen LogP contribution in [0.15, 0.2) is 0 Å². The Morgan fingerprint density at radius 2 is 1.95 bits per heavy atom. The molecule has 0 saturated heterocycles. The maximum atomic E-state index is 11.6. The van der Waals surface area contributed by atoms with Crippen LogP contribution in [0.3, 0.4) is 0 Å². The van der Waals surface area contributed by atoms with Gasteiger partial charge in [0.15, 0.2) is 0 Å². The van der Waals surface area contributed by atoms with Crippen LogP contribution in [0.2, 0.25) is 0 Å². The van der Waals surface area contributed by atoms with Crippen molar-refractivity contribution in [2.45, 2.75) is 51.5 Å². The average molecular weight is 315 g/mol. The predicted octanol–water partition coefficient (Wildman–Crippen LogP) is 1.69. The van der Waals surface area contributed by atoms with Gasteiger partial charge in [0.1, 0.15) is 6.42 Å². The van der Waals surface area contributed by atoms with E-state index in [4.69, 9.17) is 0 Å². The van der Waals surface area contributed by atoms with Gasteiger partial charge in [-0.1, -0.05) is 31.1 Å². The van der Waals surface area contributed by atoms with Crippen LogP contribution in [-0.2, 0) is 19.6 Å². The molecule has 0 aliphatic heterocycles. The van der Waals surface area contributed by atoms with Crippen molar-refractivity contribution in [2.24, 2.45) is 11.8 Å². The summed E-state index contributed by atoms with van der Waals surface area (Å²) in [5.74, 6) is 5.58. The number of carbonyl (C=O) groups excluding carboxylic acids is 1. The highest BCUT2D eigenvalue weighted by Crippen LogP contribution is 2.29. The minimum absolute atomic E-state index is 0.0388. The van der Waals surface area contributed by atoms with Crippen LogP contribution in [-0.4, -0.2) is 33.8 Å². The monoisotopic (exact) mass is 315 g/mol. The Labute approximate surface area is 127 Å². The molecule has 0 aromatic rings. The lowest BCUT2D eigenvalue weighted by atomic mass is 9.80. The molecular formula is C15H25NO4S. The zero-order chi connectivity index (χ0) is 15.9. The van der Waals surface area contributed by atoms with E-state index in [9.17, 15) is 13.2 Å². The molecule has 0 radical (unpaired) electrons. The Hall–Kier alpha value is -1.06. The third-order valence-electron chi connectivity index (χ3n) is 3.84. The summed E-state index contributed by atoms with van der Waals surface area (Å²) in [6.07, 6.45) is 6.75. The summed E-state index contributed by atoms with van der Waals surface area (Å²) >= 11 is 0. The van der Waals surface area contributed by atoms with E-state index in [2.05, 4.69) is 21.3 Å². The molecule has 0 heterocycles. The van der Waals surface area contributed by atoms with Gasteiger partial charge < -0.3 is 4.74 Å². The number of hydrogen-bond acceptors (Lipinski definition) is 4. The minimum atomic E-state index is -3.27. The zero-order valence-corrected chi connectivity index (χ0v) is 13.8. The van der Waals surface area contributed by atoms with Gasteiger partial charge in [-0.2, -0.15) is 0 Å². The summed E-state index contributed by atoms with van der Waals surface area (Å²) in [4.78, 5) is 11.1. The van der Waals surface area contributed by atoms with Gasteiger partial charge in [-0.05, 0) is 25.7 Å². The van der Waals surface area contributed by atoms with Crippen molar-refractivity contribution in [3.63, 3.8) is 0 Å². The van der Waals surface area contributed by atoms with Crippen molar-refractivity contribution in [1.29, 1.82) is 0 Å². The summed E-state index contributed by atoms with van der Waals surface area (Å²) in [5.41, 5.74) is 0. The summed E-state index contributed by atoms with van der Waals surface area (Å²) in [6, 6.07) is -0.189. The fraction of sp³-hybridized carbons (Fsp3) is 0.800. The SMILES string of the molecule is COC(=O)CC#C[C@H](C)[C@@H](NS(C)(=O)=O)C1CCCCC1. The van der Waals surface area contributed by atoms with Gasteiger partial charge >= 0.3 is 5.97 Å². The molecule has 6 heteroatoms. The van der Waals surface area contributed by atoms with Crippen molar-refractivity contribution in [3.8, 4) is 11.8 Å². The van der Waals surface area contributed by atoms with E-state index >= 15 is 0 Å². The first-order chi connectivity index (χ1) is 9.83. The number of methoxy groups -OCH3 is 1. The van der Waals surface area contributed by atoms with Gasteiger partial charge in [0.05, 0.1) is 13.4 Å². The number of nitrogens with one attached hydrogen (secondary N) is 1. The van der Waals surface area contributed by atoms with Crippen molar-refractivity contribution >= 4 is 16.0 Å². The second-order valence-electron chi connectivity index (χ2n) is 5.68. The van der Waals surface area contributed by atoms with E-state index in [1.807, 2.05) is 6.92 Å². The Bertz CT molecular complexity index is 498. The lowest BCUT2D eigenvalue weighted by molar-refractivity contribution is -0.139. The fourth-order valence-electron chi connectivity index (χ4n) is 2.79. The van der Waals surface area contributed by atoms with Crippen LogP contribution in [0.5, 0.6) is 0 Å². The Morgan fingerprint density at radius 3 is 2.48 bits per heavy atom. The first kappa shape index (κ1) is 18.0. The van der Waals surface area contributed by atoms with E-state index in [1.54, 1.807) is 0 Å². The standard InChI is InChI=1S/C15H25NO4S/c1-12(8-7-11-14(17)20-2)15(16-21(3,18)19)13-9-5-4-6-10-13/h12-13,15-16H,4-6,9-11H2,1-3H3/t12-,15+/m0/s1. The van der Waals surface area contributed by atoms with E-state index in [0.29, 0.717) is 5.92 Å². The molecule has 0 amide bonds. The van der Waals surface area contributed by atoms with E-state index in [-0.39, 0.29) is 24.3 Å². The molecule has 2 atom stereocenters. The van der Waals surface area contributed by atoms with Gasteiger partial charge in [-0.25, -0.2) is 13.1 Å². The highest BCUT2D eigenvalue weighted by Gasteiger charge is 2.29. The summed E-state index contributed by atoms with van der Waals surface area (Å²) < 4.78 is 30.4. The molecule has 1 aliphatic carbocycles. The summed E-state index contributed by atoms with van der Waals surface area (Å²) in [7, 11) is -1.95. The van der Waals surface area contributed by atoms with Crippen LogP contribution in [0.4, 0.5) is 0 Å². The van der Waals surface area contributed by atoms with E-state index in [1.165, 1.54) is 19.8 Å². The number of hydrogen-bond donors (Lipinski definition) is 1. The lowest BCUT2D eigenvalue weighted by Crippen LogP contribution is -2.44. The van der Waals surface area contributed by atoms with Gasteiger partial charge in [-0.15, -0.1) is 0 Å². The molecule has 21 heavy (non-hydrogen) atoms. The molecule has 1 saturated carbocycles. The molecule has 0 bridgehead atoms. The molecule has 0 unspecified atom stereocenters. The first-order valence-corrected chi connectivity index (χ1v) is 9.25. The Balaban J connectivity index is 2.76. The predicted molar refractivity (Wildman–Crippen MR) is 81.9 cm³/mol. The van der Waals surface area contributed by atoms with Crippen LogP contribution in [0, 0.1) is 23.7 Å². The van der Waals surface area contributed by atoms with Crippen molar-refractivity contribution in [2.75, 3.05) is 13.4 Å². The Kier molecular flexibility index (Phi) is 7.20. The average Bonchev–Trinajstić information content (AvgIpc) is 2.44. The van der Waals surface area contributed by atoms with Gasteiger partial charge in [0, 0.05) is 12.0 Å². The second-order valence-corrected chi connectivity index (χ2v) is 7.46. The Morgan fingerprint density at radius 1 is 1.33 bits per heavy atom. The molecule has 0 aromatic heterocycles. The number of sulfonamides is 1. The van der Waals surface area contributed by atoms with E-state index in [0.717, 1.165) is 25.7 Å². The normalized spacial score (nSPS) is 19.2. The topological polar surface area (TPSA) is 72.5 Å². The molecule has 0 spiro atoms. The van der Waals surface area contributed by atoms with Crippen LogP contribution >= 0.6 is 0 Å². The molecule has 5 nitrogen and oxygen atoms in total. The van der Waals surface area contributed by atoms with Gasteiger partial charge in [0.2, 0.25) is 10.0 Å². The largest absolute Gasteiger partial charge is 0.468 e. The quantitative estimate of drug-likeness (QED) is 0.619. The molecule has 1 aliphatic rings. The first-order valence-electron chi connectivity index (χ1n) is 7.36. The highest BCUT2D eigenvalue weighted by atomic mass is 32.2. The van der Waals surface area contributed by atoms with E-state index < -0.39 is 10.0 Å². The second kappa shape index (κ2) is 8.40. The fourth-order valence-corrected chi connectivity index (χ4v) is 3.68. The van der Waals surface area contributed by atoms with Crippen LogP contribution < -0.4 is 4.72 Å². The van der Waals surface area contributed by atoms with Crippen LogP contribution in [0.1, 0.15) is 45.4 Å². The van der Waals surface area contributed by atoms with Crippen molar-refractivity contribution in [1.82, 2.24) is 4.72 Å². The molecule has 0 aromatic carbocycles. The maximum absolute atomic E-state index is 11.6. The summed E-state index contributed by atoms with van der Waals surface area (Å²) in [6.45, 7) is 1.90. The van der Waals surface area contributed by atoms with Gasteiger partial charge in [-0.3, -0.25) is 4.79 Å². The van der Waals surface area contributed by atoms with Crippen molar-refractivity contribution < 1.29 is 17.9 Å². The minimum Gasteiger partial charge on any atom is -0.468 e.